The first-order chi connectivity index (χ1) is 12.6. The first-order valence-corrected chi connectivity index (χ1v) is 11.0. The minimum Gasteiger partial charge on any atom is -0.465 e. The van der Waals surface area contributed by atoms with E-state index in [9.17, 15) is 9.59 Å². The van der Waals surface area contributed by atoms with Crippen LogP contribution in [-0.2, 0) is 22.4 Å². The van der Waals surface area contributed by atoms with Crippen molar-refractivity contribution in [3.63, 3.8) is 0 Å². The van der Waals surface area contributed by atoms with Crippen molar-refractivity contribution in [1.82, 2.24) is 0 Å². The molecule has 0 aliphatic heterocycles. The predicted molar refractivity (Wildman–Crippen MR) is 106 cm³/mol. The zero-order chi connectivity index (χ0) is 18.5. The largest absolute Gasteiger partial charge is 0.465 e. The number of rotatable bonds is 6. The fourth-order valence-corrected chi connectivity index (χ4v) is 5.78. The Morgan fingerprint density at radius 1 is 1.15 bits per heavy atom. The number of nitrogens with one attached hydrogen (secondary N) is 1. The highest BCUT2D eigenvalue weighted by molar-refractivity contribution is 7.17. The molecule has 3 rings (SSSR count). The van der Waals surface area contributed by atoms with Crippen LogP contribution in [0.3, 0.4) is 0 Å². The van der Waals surface area contributed by atoms with Crippen LogP contribution < -0.4 is 5.32 Å². The Kier molecular flexibility index (Phi) is 6.74. The Bertz CT molecular complexity index is 646. The number of hydrogen-bond donors (Lipinski definition) is 1. The first-order valence-electron chi connectivity index (χ1n) is 10.1. The van der Waals surface area contributed by atoms with Crippen molar-refractivity contribution in [2.24, 2.45) is 11.8 Å². The van der Waals surface area contributed by atoms with E-state index in [1.165, 1.54) is 44.1 Å². The number of hydrogen-bond acceptors (Lipinski definition) is 4. The van der Waals surface area contributed by atoms with Gasteiger partial charge in [-0.2, -0.15) is 0 Å². The molecule has 0 spiro atoms. The monoisotopic (exact) mass is 377 g/mol. The predicted octanol–water partition coefficient (Wildman–Crippen LogP) is 5.35. The zero-order valence-electron chi connectivity index (χ0n) is 16.1. The number of thiophene rings is 1. The highest BCUT2D eigenvalue weighted by Crippen LogP contribution is 2.41. The van der Waals surface area contributed by atoms with Crippen molar-refractivity contribution in [1.29, 1.82) is 0 Å². The molecule has 4 nitrogen and oxygen atoms in total. The van der Waals surface area contributed by atoms with E-state index in [1.807, 2.05) is 0 Å². The Morgan fingerprint density at radius 3 is 2.62 bits per heavy atom. The normalized spacial score (nSPS) is 20.5. The van der Waals surface area contributed by atoms with Gasteiger partial charge in [0.15, 0.2) is 0 Å². The van der Waals surface area contributed by atoms with Crippen LogP contribution in [0, 0.1) is 11.8 Å². The van der Waals surface area contributed by atoms with Crippen molar-refractivity contribution in [2.75, 3.05) is 12.4 Å². The molecule has 1 saturated carbocycles. The van der Waals surface area contributed by atoms with Crippen LogP contribution in [0.1, 0.15) is 85.5 Å². The molecule has 2 aliphatic carbocycles. The minimum absolute atomic E-state index is 0.0337. The molecule has 0 bridgehead atoms. The summed E-state index contributed by atoms with van der Waals surface area (Å²) in [5.74, 6) is 1.09. The fraction of sp³-hybridized carbons (Fsp3) is 0.714. The van der Waals surface area contributed by atoms with Crippen molar-refractivity contribution in [3.05, 3.63) is 16.0 Å². The third-order valence-electron chi connectivity index (χ3n) is 6.09. The van der Waals surface area contributed by atoms with E-state index in [4.69, 9.17) is 4.74 Å². The zero-order valence-corrected chi connectivity index (χ0v) is 16.9. The standard InChI is InChI=1S/C21H31NO3S/c1-3-14-9-11-16-17(13-14)26-20(19(16)21(24)25-2)22-18(23)12-10-15-7-5-4-6-8-15/h14-15H,3-13H2,1-2H3,(H,22,23). The van der Waals surface area contributed by atoms with Crippen LogP contribution in [0.2, 0.25) is 0 Å². The summed E-state index contributed by atoms with van der Waals surface area (Å²) < 4.78 is 5.01. The molecule has 1 fully saturated rings. The lowest BCUT2D eigenvalue weighted by molar-refractivity contribution is -0.116. The van der Waals surface area contributed by atoms with Crippen LogP contribution in [-0.4, -0.2) is 19.0 Å². The molecule has 1 aromatic rings. The smallest absolute Gasteiger partial charge is 0.341 e. The number of carbonyl (C=O) groups is 2. The number of anilines is 1. The Morgan fingerprint density at radius 2 is 1.92 bits per heavy atom. The Hall–Kier alpha value is -1.36. The van der Waals surface area contributed by atoms with E-state index in [-0.39, 0.29) is 11.9 Å². The summed E-state index contributed by atoms with van der Waals surface area (Å²) in [6, 6.07) is 0. The highest BCUT2D eigenvalue weighted by atomic mass is 32.1. The van der Waals surface area contributed by atoms with Gasteiger partial charge in [-0.1, -0.05) is 45.4 Å². The van der Waals surface area contributed by atoms with E-state index in [1.54, 1.807) is 11.3 Å². The van der Waals surface area contributed by atoms with Gasteiger partial charge in [0.05, 0.1) is 12.7 Å². The maximum absolute atomic E-state index is 12.5. The van der Waals surface area contributed by atoms with Crippen LogP contribution >= 0.6 is 11.3 Å². The summed E-state index contributed by atoms with van der Waals surface area (Å²) in [4.78, 5) is 26.1. The van der Waals surface area contributed by atoms with Gasteiger partial charge in [-0.05, 0) is 43.1 Å². The highest BCUT2D eigenvalue weighted by Gasteiger charge is 2.29. The summed E-state index contributed by atoms with van der Waals surface area (Å²) >= 11 is 1.58. The topological polar surface area (TPSA) is 55.4 Å². The Balaban J connectivity index is 1.68. The lowest BCUT2D eigenvalue weighted by Crippen LogP contribution is -2.17. The summed E-state index contributed by atoms with van der Waals surface area (Å²) in [5.41, 5.74) is 1.71. The van der Waals surface area contributed by atoms with Gasteiger partial charge in [-0.25, -0.2) is 4.79 Å². The maximum Gasteiger partial charge on any atom is 0.341 e. The molecule has 2 aliphatic rings. The quantitative estimate of drug-likeness (QED) is 0.680. The molecule has 0 aromatic carbocycles. The average molecular weight is 378 g/mol. The summed E-state index contributed by atoms with van der Waals surface area (Å²) in [5, 5.41) is 3.74. The molecule has 0 radical (unpaired) electrons. The number of esters is 1. The number of amides is 1. The fourth-order valence-electron chi connectivity index (χ4n) is 4.41. The van der Waals surface area contributed by atoms with Crippen LogP contribution in [0.5, 0.6) is 0 Å². The Labute approximate surface area is 160 Å². The SMILES string of the molecule is CCC1CCc2c(sc(NC(=O)CCC3CCCCC3)c2C(=O)OC)C1. The first kappa shape index (κ1) is 19.4. The van der Waals surface area contributed by atoms with E-state index < -0.39 is 0 Å². The number of ether oxygens (including phenoxy) is 1. The average Bonchev–Trinajstić information content (AvgIpc) is 3.03. The molecule has 1 atom stereocenters. The van der Waals surface area contributed by atoms with Crippen molar-refractivity contribution in [2.45, 2.75) is 77.6 Å². The van der Waals surface area contributed by atoms with Gasteiger partial charge >= 0.3 is 5.97 Å². The van der Waals surface area contributed by atoms with Crippen molar-refractivity contribution >= 4 is 28.2 Å². The van der Waals surface area contributed by atoms with E-state index >= 15 is 0 Å². The second-order valence-corrected chi connectivity index (χ2v) is 8.91. The van der Waals surface area contributed by atoms with Crippen molar-refractivity contribution in [3.8, 4) is 0 Å². The molecule has 1 unspecified atom stereocenters. The van der Waals surface area contributed by atoms with E-state index in [2.05, 4.69) is 12.2 Å². The number of fused-ring (bicyclic) bond motifs is 1. The molecule has 0 saturated heterocycles. The van der Waals surface area contributed by atoms with E-state index in [0.29, 0.717) is 28.8 Å². The van der Waals surface area contributed by atoms with Crippen LogP contribution in [0.15, 0.2) is 0 Å². The molecule has 1 aromatic heterocycles. The molecule has 1 N–H and O–H groups in total. The lowest BCUT2D eigenvalue weighted by atomic mass is 9.85. The summed E-state index contributed by atoms with van der Waals surface area (Å²) in [6.07, 6.45) is 12.2. The molecular weight excluding hydrogens is 346 g/mol. The lowest BCUT2D eigenvalue weighted by Gasteiger charge is -2.21. The number of carbonyl (C=O) groups excluding carboxylic acids is 2. The van der Waals surface area contributed by atoms with Gasteiger partial charge in [0.2, 0.25) is 5.91 Å². The molecule has 1 heterocycles. The van der Waals surface area contributed by atoms with Crippen LogP contribution in [0.25, 0.3) is 0 Å². The van der Waals surface area contributed by atoms with Gasteiger partial charge in [0.25, 0.3) is 0 Å². The molecule has 1 amide bonds. The third-order valence-corrected chi connectivity index (χ3v) is 7.26. The van der Waals surface area contributed by atoms with Gasteiger partial charge in [0.1, 0.15) is 5.00 Å². The number of methoxy groups -OCH3 is 1. The maximum atomic E-state index is 12.5. The van der Waals surface area contributed by atoms with Gasteiger partial charge < -0.3 is 10.1 Å². The molecule has 26 heavy (non-hydrogen) atoms. The second-order valence-electron chi connectivity index (χ2n) is 7.81. The van der Waals surface area contributed by atoms with Gasteiger partial charge in [0, 0.05) is 11.3 Å². The van der Waals surface area contributed by atoms with Gasteiger partial charge in [-0.3, -0.25) is 4.79 Å². The minimum atomic E-state index is -0.319. The van der Waals surface area contributed by atoms with Crippen LogP contribution in [0.4, 0.5) is 5.00 Å². The van der Waals surface area contributed by atoms with E-state index in [0.717, 1.165) is 37.7 Å². The molecular formula is C21H31NO3S. The third kappa shape index (κ3) is 4.48. The summed E-state index contributed by atoms with van der Waals surface area (Å²) in [6.45, 7) is 2.22. The molecule has 5 heteroatoms. The molecule has 144 valence electrons. The summed E-state index contributed by atoms with van der Waals surface area (Å²) in [7, 11) is 1.42. The van der Waals surface area contributed by atoms with Gasteiger partial charge in [-0.15, -0.1) is 11.3 Å². The second kappa shape index (κ2) is 9.03. The van der Waals surface area contributed by atoms with Crippen molar-refractivity contribution < 1.29 is 14.3 Å².